The van der Waals surface area contributed by atoms with Gasteiger partial charge in [-0.05, 0) is 29.8 Å². The van der Waals surface area contributed by atoms with Crippen LogP contribution in [0.25, 0.3) is 16.8 Å². The van der Waals surface area contributed by atoms with Crippen LogP contribution in [-0.4, -0.2) is 35.9 Å². The second kappa shape index (κ2) is 5.44. The number of methoxy groups -OCH3 is 3. The second-order valence-corrected chi connectivity index (χ2v) is 4.57. The van der Waals surface area contributed by atoms with E-state index >= 15 is 0 Å². The molecule has 7 heteroatoms. The van der Waals surface area contributed by atoms with Gasteiger partial charge in [-0.3, -0.25) is 0 Å². The number of anilines is 1. The number of fused-ring (bicyclic) bond motifs is 1. The SMILES string of the molecule is COc1ccc(-c2ccn3nc(N)nc3c2)c(OC)c1OC. The molecule has 2 aromatic heterocycles. The van der Waals surface area contributed by atoms with E-state index in [1.165, 1.54) is 0 Å². The van der Waals surface area contributed by atoms with Gasteiger partial charge in [0.25, 0.3) is 0 Å². The van der Waals surface area contributed by atoms with Gasteiger partial charge in [0.2, 0.25) is 11.7 Å². The Bertz CT molecular complexity index is 829. The Morgan fingerprint density at radius 3 is 2.45 bits per heavy atom. The monoisotopic (exact) mass is 300 g/mol. The van der Waals surface area contributed by atoms with Crippen molar-refractivity contribution >= 4 is 11.6 Å². The summed E-state index contributed by atoms with van der Waals surface area (Å²) in [6, 6.07) is 7.53. The summed E-state index contributed by atoms with van der Waals surface area (Å²) in [5, 5.41) is 4.06. The van der Waals surface area contributed by atoms with Crippen molar-refractivity contribution in [1.29, 1.82) is 0 Å². The Morgan fingerprint density at radius 1 is 1.00 bits per heavy atom. The number of rotatable bonds is 4. The lowest BCUT2D eigenvalue weighted by Gasteiger charge is -2.15. The Kier molecular flexibility index (Phi) is 3.46. The number of nitrogen functional groups attached to an aromatic ring is 1. The number of hydrogen-bond acceptors (Lipinski definition) is 6. The highest BCUT2D eigenvalue weighted by atomic mass is 16.5. The van der Waals surface area contributed by atoms with Crippen LogP contribution in [0.15, 0.2) is 30.5 Å². The fourth-order valence-corrected chi connectivity index (χ4v) is 2.39. The van der Waals surface area contributed by atoms with Crippen molar-refractivity contribution in [2.75, 3.05) is 27.1 Å². The average molecular weight is 300 g/mol. The Morgan fingerprint density at radius 2 is 1.77 bits per heavy atom. The molecule has 114 valence electrons. The molecule has 3 rings (SSSR count). The van der Waals surface area contributed by atoms with Gasteiger partial charge in [-0.15, -0.1) is 5.10 Å². The molecular weight excluding hydrogens is 284 g/mol. The van der Waals surface area contributed by atoms with Gasteiger partial charge >= 0.3 is 0 Å². The third-order valence-corrected chi connectivity index (χ3v) is 3.37. The average Bonchev–Trinajstić information content (AvgIpc) is 2.92. The molecule has 1 aromatic carbocycles. The summed E-state index contributed by atoms with van der Waals surface area (Å²) < 4.78 is 17.8. The molecule has 22 heavy (non-hydrogen) atoms. The molecule has 0 amide bonds. The lowest BCUT2D eigenvalue weighted by Crippen LogP contribution is -1.97. The number of benzene rings is 1. The molecule has 0 aliphatic heterocycles. The number of hydrogen-bond donors (Lipinski definition) is 1. The van der Waals surface area contributed by atoms with Crippen molar-refractivity contribution in [3.63, 3.8) is 0 Å². The van der Waals surface area contributed by atoms with Crippen molar-refractivity contribution < 1.29 is 14.2 Å². The fourth-order valence-electron chi connectivity index (χ4n) is 2.39. The minimum atomic E-state index is 0.233. The van der Waals surface area contributed by atoms with E-state index in [0.717, 1.165) is 11.1 Å². The molecule has 2 N–H and O–H groups in total. The molecule has 0 aliphatic rings. The third kappa shape index (κ3) is 2.16. The van der Waals surface area contributed by atoms with Crippen LogP contribution >= 0.6 is 0 Å². The van der Waals surface area contributed by atoms with E-state index < -0.39 is 0 Å². The van der Waals surface area contributed by atoms with Crippen LogP contribution in [0.2, 0.25) is 0 Å². The van der Waals surface area contributed by atoms with E-state index in [0.29, 0.717) is 22.9 Å². The van der Waals surface area contributed by atoms with Gasteiger partial charge < -0.3 is 19.9 Å². The maximum Gasteiger partial charge on any atom is 0.240 e. The molecule has 0 unspecified atom stereocenters. The quantitative estimate of drug-likeness (QED) is 0.793. The van der Waals surface area contributed by atoms with Crippen molar-refractivity contribution in [3.8, 4) is 28.4 Å². The number of pyridine rings is 1. The summed E-state index contributed by atoms with van der Waals surface area (Å²) in [6.07, 6.45) is 1.80. The Hall–Kier alpha value is -2.96. The first kappa shape index (κ1) is 14.0. The Labute approximate surface area is 127 Å². The third-order valence-electron chi connectivity index (χ3n) is 3.37. The zero-order chi connectivity index (χ0) is 15.7. The van der Waals surface area contributed by atoms with Crippen molar-refractivity contribution in [3.05, 3.63) is 30.5 Å². The molecular formula is C15H16N4O3. The van der Waals surface area contributed by atoms with Crippen LogP contribution in [0.5, 0.6) is 17.2 Å². The first-order valence-corrected chi connectivity index (χ1v) is 6.59. The molecule has 3 aromatic rings. The summed E-state index contributed by atoms with van der Waals surface area (Å²) in [7, 11) is 4.75. The number of aromatic nitrogens is 3. The minimum absolute atomic E-state index is 0.233. The van der Waals surface area contributed by atoms with Gasteiger partial charge in [0.05, 0.1) is 21.3 Å². The zero-order valence-electron chi connectivity index (χ0n) is 12.5. The second-order valence-electron chi connectivity index (χ2n) is 4.57. The molecule has 0 radical (unpaired) electrons. The van der Waals surface area contributed by atoms with Crippen molar-refractivity contribution in [1.82, 2.24) is 14.6 Å². The maximum atomic E-state index is 5.61. The summed E-state index contributed by atoms with van der Waals surface area (Å²) in [4.78, 5) is 4.16. The summed E-state index contributed by atoms with van der Waals surface area (Å²) in [5.41, 5.74) is 8.05. The first-order valence-electron chi connectivity index (χ1n) is 6.59. The van der Waals surface area contributed by atoms with Gasteiger partial charge in [0.1, 0.15) is 0 Å². The first-order chi connectivity index (χ1) is 10.7. The molecule has 7 nitrogen and oxygen atoms in total. The van der Waals surface area contributed by atoms with E-state index in [4.69, 9.17) is 19.9 Å². The molecule has 0 fully saturated rings. The Balaban J connectivity index is 2.20. The highest BCUT2D eigenvalue weighted by Gasteiger charge is 2.17. The van der Waals surface area contributed by atoms with Gasteiger partial charge in [-0.1, -0.05) is 0 Å². The lowest BCUT2D eigenvalue weighted by atomic mass is 10.0. The highest BCUT2D eigenvalue weighted by molar-refractivity contribution is 5.78. The molecule has 0 aliphatic carbocycles. The van der Waals surface area contributed by atoms with Crippen molar-refractivity contribution in [2.24, 2.45) is 0 Å². The number of nitrogens with zero attached hydrogens (tertiary/aromatic N) is 3. The van der Waals surface area contributed by atoms with Crippen LogP contribution in [0, 0.1) is 0 Å². The highest BCUT2D eigenvalue weighted by Crippen LogP contribution is 2.44. The molecule has 0 saturated heterocycles. The normalized spacial score (nSPS) is 10.7. The van der Waals surface area contributed by atoms with E-state index in [1.807, 2.05) is 24.3 Å². The van der Waals surface area contributed by atoms with Crippen LogP contribution in [0.3, 0.4) is 0 Å². The summed E-state index contributed by atoms with van der Waals surface area (Å²) in [6.45, 7) is 0. The smallest absolute Gasteiger partial charge is 0.240 e. The molecule has 0 atom stereocenters. The number of ether oxygens (including phenoxy) is 3. The van der Waals surface area contributed by atoms with Crippen molar-refractivity contribution in [2.45, 2.75) is 0 Å². The topological polar surface area (TPSA) is 83.9 Å². The number of nitrogens with two attached hydrogens (primary N) is 1. The van der Waals surface area contributed by atoms with Gasteiger partial charge in [-0.2, -0.15) is 4.98 Å². The summed E-state index contributed by atoms with van der Waals surface area (Å²) >= 11 is 0. The molecule has 0 spiro atoms. The molecule has 0 saturated carbocycles. The fraction of sp³-hybridized carbons (Fsp3) is 0.200. The van der Waals surface area contributed by atoms with E-state index in [1.54, 1.807) is 32.0 Å². The predicted octanol–water partition coefficient (Wildman–Crippen LogP) is 2.00. The van der Waals surface area contributed by atoms with Crippen LogP contribution in [-0.2, 0) is 0 Å². The van der Waals surface area contributed by atoms with E-state index in [2.05, 4.69) is 10.1 Å². The van der Waals surface area contributed by atoms with E-state index in [9.17, 15) is 0 Å². The van der Waals surface area contributed by atoms with Gasteiger partial charge in [0.15, 0.2) is 17.1 Å². The van der Waals surface area contributed by atoms with Gasteiger partial charge in [0, 0.05) is 11.8 Å². The van der Waals surface area contributed by atoms with E-state index in [-0.39, 0.29) is 5.95 Å². The minimum Gasteiger partial charge on any atom is -0.493 e. The predicted molar refractivity (Wildman–Crippen MR) is 82.5 cm³/mol. The van der Waals surface area contributed by atoms with Crippen LogP contribution in [0.1, 0.15) is 0 Å². The summed E-state index contributed by atoms with van der Waals surface area (Å²) in [5.74, 6) is 1.98. The van der Waals surface area contributed by atoms with Crippen LogP contribution < -0.4 is 19.9 Å². The molecule has 0 bridgehead atoms. The maximum absolute atomic E-state index is 5.61. The standard InChI is InChI=1S/C15H16N4O3/c1-20-11-5-4-10(13(21-2)14(11)22-3)9-6-7-19-12(8-9)17-15(16)18-19/h4-8H,1-3H3,(H2,16,18). The lowest BCUT2D eigenvalue weighted by molar-refractivity contribution is 0.325. The van der Waals surface area contributed by atoms with Crippen LogP contribution in [0.4, 0.5) is 5.95 Å². The molecule has 2 heterocycles. The largest absolute Gasteiger partial charge is 0.493 e. The van der Waals surface area contributed by atoms with Gasteiger partial charge in [-0.25, -0.2) is 4.52 Å². The zero-order valence-corrected chi connectivity index (χ0v) is 12.5.